The Balaban J connectivity index is 1.87. The third-order valence-electron chi connectivity index (χ3n) is 3.05. The minimum atomic E-state index is -0.179. The van der Waals surface area contributed by atoms with E-state index in [0.717, 1.165) is 11.1 Å². The number of hydrogen-bond donors (Lipinski definition) is 2. The molecule has 0 aliphatic carbocycles. The highest BCUT2D eigenvalue weighted by Gasteiger charge is 2.09. The second-order valence-electron chi connectivity index (χ2n) is 4.29. The van der Waals surface area contributed by atoms with Crippen LogP contribution in [-0.4, -0.2) is 34.6 Å². The second-order valence-corrected chi connectivity index (χ2v) is 4.29. The van der Waals surface area contributed by atoms with Crippen LogP contribution in [0.2, 0.25) is 0 Å². The lowest BCUT2D eigenvalue weighted by atomic mass is 10.2. The van der Waals surface area contributed by atoms with Crippen LogP contribution in [0.15, 0.2) is 48.0 Å². The predicted octanol–water partition coefficient (Wildman–Crippen LogP) is 0.598. The molecule has 0 fully saturated rings. The molecule has 0 unspecified atom stereocenters. The van der Waals surface area contributed by atoms with E-state index < -0.39 is 0 Å². The summed E-state index contributed by atoms with van der Waals surface area (Å²) in [6, 6.07) is 1.42. The first kappa shape index (κ1) is 10.7. The molecule has 0 aliphatic rings. The molecular weight excluding hydrogens is 258 g/mol. The van der Waals surface area contributed by atoms with Gasteiger partial charge in [0.15, 0.2) is 5.65 Å². The molecule has 0 bridgehead atoms. The Morgan fingerprint density at radius 1 is 1.10 bits per heavy atom. The summed E-state index contributed by atoms with van der Waals surface area (Å²) in [7, 11) is 0. The van der Waals surface area contributed by atoms with E-state index in [9.17, 15) is 4.79 Å². The lowest BCUT2D eigenvalue weighted by Gasteiger charge is -1.97. The number of aromatic nitrogens is 7. The van der Waals surface area contributed by atoms with Crippen LogP contribution in [0.5, 0.6) is 0 Å². The highest BCUT2D eigenvalue weighted by Crippen LogP contribution is 2.19. The predicted molar refractivity (Wildman–Crippen MR) is 70.5 cm³/mol. The number of H-pyrrole nitrogens is 2. The molecule has 2 N–H and O–H groups in total. The molecule has 0 aliphatic heterocycles. The Labute approximate surface area is 111 Å². The number of fused-ring (bicyclic) bond motifs is 1. The lowest BCUT2D eigenvalue weighted by Crippen LogP contribution is -2.07. The Kier molecular flexibility index (Phi) is 2.10. The van der Waals surface area contributed by atoms with Gasteiger partial charge >= 0.3 is 0 Å². The number of aromatic amines is 2. The molecule has 0 atom stereocenters. The number of nitrogens with zero attached hydrogens (tertiary/aromatic N) is 5. The summed E-state index contributed by atoms with van der Waals surface area (Å²) >= 11 is 0. The summed E-state index contributed by atoms with van der Waals surface area (Å²) in [4.78, 5) is 14.2. The quantitative estimate of drug-likeness (QED) is 0.555. The van der Waals surface area contributed by atoms with Crippen LogP contribution < -0.4 is 5.56 Å². The minimum absolute atomic E-state index is 0.179. The van der Waals surface area contributed by atoms with Crippen molar-refractivity contribution in [3.63, 3.8) is 0 Å². The summed E-state index contributed by atoms with van der Waals surface area (Å²) in [5, 5.41) is 15.1. The van der Waals surface area contributed by atoms with Gasteiger partial charge in [-0.15, -0.1) is 0 Å². The maximum Gasteiger partial charge on any atom is 0.251 e. The van der Waals surface area contributed by atoms with E-state index in [4.69, 9.17) is 0 Å². The molecule has 4 heterocycles. The van der Waals surface area contributed by atoms with Crippen molar-refractivity contribution in [2.45, 2.75) is 0 Å². The minimum Gasteiger partial charge on any atom is -0.305 e. The Hall–Kier alpha value is -3.16. The molecule has 98 valence electrons. The van der Waals surface area contributed by atoms with E-state index in [1.807, 2.05) is 6.20 Å². The molecule has 8 heteroatoms. The Bertz CT molecular complexity index is 928. The van der Waals surface area contributed by atoms with E-state index in [2.05, 4.69) is 25.4 Å². The van der Waals surface area contributed by atoms with Crippen molar-refractivity contribution in [1.29, 1.82) is 0 Å². The van der Waals surface area contributed by atoms with Crippen LogP contribution >= 0.6 is 0 Å². The summed E-state index contributed by atoms with van der Waals surface area (Å²) in [5.74, 6) is 0. The second kappa shape index (κ2) is 3.92. The van der Waals surface area contributed by atoms with Gasteiger partial charge < -0.3 is 4.98 Å². The van der Waals surface area contributed by atoms with Gasteiger partial charge in [0.1, 0.15) is 5.69 Å². The first-order chi connectivity index (χ1) is 9.81. The lowest BCUT2D eigenvalue weighted by molar-refractivity contribution is 0.883. The number of nitrogens with one attached hydrogen (secondary N) is 2. The Morgan fingerprint density at radius 3 is 2.90 bits per heavy atom. The van der Waals surface area contributed by atoms with E-state index in [0.29, 0.717) is 11.3 Å². The summed E-state index contributed by atoms with van der Waals surface area (Å²) in [6.07, 6.45) is 10.4. The molecule has 8 nitrogen and oxygen atoms in total. The average molecular weight is 267 g/mol. The highest BCUT2D eigenvalue weighted by molar-refractivity contribution is 5.62. The average Bonchev–Trinajstić information content (AvgIpc) is 3.17. The van der Waals surface area contributed by atoms with Crippen LogP contribution in [0.4, 0.5) is 0 Å². The molecule has 0 saturated carbocycles. The molecule has 4 aromatic heterocycles. The van der Waals surface area contributed by atoms with Crippen molar-refractivity contribution in [3.05, 3.63) is 53.6 Å². The molecule has 0 aromatic carbocycles. The van der Waals surface area contributed by atoms with E-state index in [1.54, 1.807) is 40.2 Å². The number of rotatable bonds is 2. The first-order valence-corrected chi connectivity index (χ1v) is 5.92. The van der Waals surface area contributed by atoms with Gasteiger partial charge in [0.2, 0.25) is 0 Å². The van der Waals surface area contributed by atoms with Gasteiger partial charge in [0, 0.05) is 35.8 Å². The molecule has 0 amide bonds. The molecule has 0 saturated heterocycles. The first-order valence-electron chi connectivity index (χ1n) is 5.92. The summed E-state index contributed by atoms with van der Waals surface area (Å²) < 4.78 is 3.26. The van der Waals surface area contributed by atoms with Crippen molar-refractivity contribution in [3.8, 4) is 16.8 Å². The fourth-order valence-electron chi connectivity index (χ4n) is 2.06. The molecule has 20 heavy (non-hydrogen) atoms. The third kappa shape index (κ3) is 1.55. The van der Waals surface area contributed by atoms with Gasteiger partial charge in [-0.25, -0.2) is 9.20 Å². The smallest absolute Gasteiger partial charge is 0.251 e. The zero-order chi connectivity index (χ0) is 13.5. The molecular formula is C12H9N7O. The van der Waals surface area contributed by atoms with E-state index in [-0.39, 0.29) is 5.56 Å². The maximum absolute atomic E-state index is 11.4. The summed E-state index contributed by atoms with van der Waals surface area (Å²) in [5.41, 5.74) is 3.00. The van der Waals surface area contributed by atoms with Gasteiger partial charge in [-0.3, -0.25) is 9.89 Å². The van der Waals surface area contributed by atoms with Gasteiger partial charge in [-0.2, -0.15) is 15.3 Å². The fraction of sp³-hybridized carbons (Fsp3) is 0. The molecule has 4 rings (SSSR count). The van der Waals surface area contributed by atoms with Crippen LogP contribution in [0.1, 0.15) is 0 Å². The van der Waals surface area contributed by atoms with Crippen molar-refractivity contribution in [2.75, 3.05) is 0 Å². The zero-order valence-corrected chi connectivity index (χ0v) is 10.2. The monoisotopic (exact) mass is 267 g/mol. The van der Waals surface area contributed by atoms with Gasteiger partial charge in [-0.05, 0) is 0 Å². The third-order valence-corrected chi connectivity index (χ3v) is 3.05. The fourth-order valence-corrected chi connectivity index (χ4v) is 2.06. The van der Waals surface area contributed by atoms with E-state index in [1.165, 1.54) is 6.07 Å². The Morgan fingerprint density at radius 2 is 2.05 bits per heavy atom. The van der Waals surface area contributed by atoms with Crippen LogP contribution in [0.25, 0.3) is 22.5 Å². The standard InChI is InChI=1S/C12H9N7O/c20-11-1-2-18-12(17-11)10(6-16-18)19-7-9(5-15-19)8-3-13-14-4-8/h1-7H,(H,13,14)(H,17,20). The van der Waals surface area contributed by atoms with Crippen molar-refractivity contribution >= 4 is 5.65 Å². The maximum atomic E-state index is 11.4. The van der Waals surface area contributed by atoms with Crippen LogP contribution in [0.3, 0.4) is 0 Å². The van der Waals surface area contributed by atoms with Crippen molar-refractivity contribution in [1.82, 2.24) is 34.6 Å². The van der Waals surface area contributed by atoms with Crippen LogP contribution in [-0.2, 0) is 0 Å². The van der Waals surface area contributed by atoms with Crippen LogP contribution in [0, 0.1) is 0 Å². The zero-order valence-electron chi connectivity index (χ0n) is 10.2. The van der Waals surface area contributed by atoms with Gasteiger partial charge in [0.25, 0.3) is 5.56 Å². The molecule has 4 aromatic rings. The largest absolute Gasteiger partial charge is 0.305 e. The number of hydrogen-bond acceptors (Lipinski definition) is 4. The van der Waals surface area contributed by atoms with Crippen molar-refractivity contribution in [2.24, 2.45) is 0 Å². The normalized spacial score (nSPS) is 11.2. The van der Waals surface area contributed by atoms with Gasteiger partial charge in [0.05, 0.1) is 18.6 Å². The highest BCUT2D eigenvalue weighted by atomic mass is 16.1. The van der Waals surface area contributed by atoms with Gasteiger partial charge in [-0.1, -0.05) is 0 Å². The summed E-state index contributed by atoms with van der Waals surface area (Å²) in [6.45, 7) is 0. The molecule has 0 radical (unpaired) electrons. The van der Waals surface area contributed by atoms with E-state index >= 15 is 0 Å². The van der Waals surface area contributed by atoms with Crippen molar-refractivity contribution < 1.29 is 0 Å². The SMILES string of the molecule is O=c1ccn2ncc(-n3cc(-c4cn[nH]c4)cn3)c2[nH]1. The topological polar surface area (TPSA) is 96.7 Å². The molecule has 0 spiro atoms.